The monoisotopic (exact) mass is 805 g/mol. The summed E-state index contributed by atoms with van der Waals surface area (Å²) in [5, 5.41) is 0. The average molecular weight is 805 g/mol. The molecule has 0 aromatic heterocycles. The van der Waals surface area contributed by atoms with E-state index in [1.807, 2.05) is 0 Å². The van der Waals surface area contributed by atoms with E-state index in [2.05, 4.69) is 88.4 Å². The molecule has 2 aromatic carbocycles. The van der Waals surface area contributed by atoms with E-state index < -0.39 is 0 Å². The third kappa shape index (κ3) is 21.1. The molecule has 0 aliphatic carbocycles. The second-order valence-corrected chi connectivity index (χ2v) is 18.3. The summed E-state index contributed by atoms with van der Waals surface area (Å²) in [7, 11) is 0. The smallest absolute Gasteiger partial charge is 0.215 e. The molecule has 2 heteroatoms. The van der Waals surface area contributed by atoms with Crippen molar-refractivity contribution < 1.29 is 4.70 Å². The Balaban J connectivity index is 1.54. The van der Waals surface area contributed by atoms with Crippen molar-refractivity contribution in [2.24, 2.45) is 0 Å². The lowest BCUT2D eigenvalue weighted by atomic mass is 9.93. The first kappa shape index (κ1) is 50.6. The Labute approximate surface area is 366 Å². The van der Waals surface area contributed by atoms with Gasteiger partial charge in [-0.3, -0.25) is 0 Å². The summed E-state index contributed by atoms with van der Waals surface area (Å²) in [5.74, 6) is 0. The zero-order valence-corrected chi connectivity index (χ0v) is 39.4. The van der Waals surface area contributed by atoms with Crippen LogP contribution >= 0.6 is 0 Å². The Morgan fingerprint density at radius 3 is 1.34 bits per heavy atom. The van der Waals surface area contributed by atoms with Crippen LogP contribution in [0, 0.1) is 0 Å². The quantitative estimate of drug-likeness (QED) is 0.0477. The lowest BCUT2D eigenvalue weighted by Crippen LogP contribution is -2.03. The van der Waals surface area contributed by atoms with Crippen molar-refractivity contribution in [3.8, 4) is 0 Å². The molecule has 1 aliphatic heterocycles. The zero-order chi connectivity index (χ0) is 42.0. The maximum absolute atomic E-state index is 12.2. The van der Waals surface area contributed by atoms with Gasteiger partial charge in [-0.05, 0) is 86.8 Å². The second kappa shape index (κ2) is 33.9. The van der Waals surface area contributed by atoms with E-state index in [9.17, 15) is 5.53 Å². The largest absolute Gasteiger partial charge is 0.493 e. The van der Waals surface area contributed by atoms with Crippen molar-refractivity contribution in [1.29, 1.82) is 0 Å². The minimum Gasteiger partial charge on any atom is -0.493 e. The molecule has 0 saturated carbocycles. The van der Waals surface area contributed by atoms with Gasteiger partial charge in [-0.25, -0.2) is 4.70 Å². The van der Waals surface area contributed by atoms with Gasteiger partial charge in [0, 0.05) is 16.7 Å². The van der Waals surface area contributed by atoms with Crippen LogP contribution in [0.1, 0.15) is 262 Å². The SMILES string of the molecule is CCCCCCCCCCCCCCCCCCCCCCC=CC1=C(c2ccc(CCCCCC)cc2)[N+](=[N-])C(c2cccc(CCCCCC)c2)=C1CCCCC. The first-order chi connectivity index (χ1) is 29.1. The highest BCUT2D eigenvalue weighted by molar-refractivity contribution is 5.84. The lowest BCUT2D eigenvalue weighted by molar-refractivity contribution is -0.345. The van der Waals surface area contributed by atoms with Gasteiger partial charge >= 0.3 is 0 Å². The molecule has 0 amide bonds. The van der Waals surface area contributed by atoms with Gasteiger partial charge < -0.3 is 5.53 Å². The maximum atomic E-state index is 12.2. The molecule has 1 aliphatic rings. The fourth-order valence-electron chi connectivity index (χ4n) is 9.12. The van der Waals surface area contributed by atoms with Crippen LogP contribution in [0.15, 0.2) is 71.8 Å². The van der Waals surface area contributed by atoms with E-state index in [0.29, 0.717) is 0 Å². The minimum absolute atomic E-state index is 0.956. The minimum atomic E-state index is 0.956. The molecule has 330 valence electrons. The van der Waals surface area contributed by atoms with Gasteiger partial charge in [0.15, 0.2) is 0 Å². The van der Waals surface area contributed by atoms with Crippen LogP contribution < -0.4 is 0 Å². The number of unbranched alkanes of at least 4 members (excludes halogenated alkanes) is 28. The maximum Gasteiger partial charge on any atom is 0.215 e. The van der Waals surface area contributed by atoms with Crippen LogP contribution in [0.3, 0.4) is 0 Å². The van der Waals surface area contributed by atoms with Crippen LogP contribution in [-0.2, 0) is 12.8 Å². The van der Waals surface area contributed by atoms with Gasteiger partial charge in [0.2, 0.25) is 11.4 Å². The van der Waals surface area contributed by atoms with Crippen molar-refractivity contribution in [1.82, 2.24) is 0 Å². The van der Waals surface area contributed by atoms with Gasteiger partial charge in [-0.2, -0.15) is 0 Å². The van der Waals surface area contributed by atoms with E-state index in [1.165, 1.54) is 215 Å². The molecule has 0 atom stereocenters. The Morgan fingerprint density at radius 2 is 0.831 bits per heavy atom. The molecule has 0 fully saturated rings. The van der Waals surface area contributed by atoms with E-state index in [0.717, 1.165) is 54.6 Å². The highest BCUT2D eigenvalue weighted by atomic mass is 15.2. The third-order valence-corrected chi connectivity index (χ3v) is 12.9. The molecule has 3 rings (SSSR count). The van der Waals surface area contributed by atoms with Crippen molar-refractivity contribution in [3.63, 3.8) is 0 Å². The van der Waals surface area contributed by atoms with Gasteiger partial charge in [0.05, 0.1) is 5.57 Å². The van der Waals surface area contributed by atoms with Crippen molar-refractivity contribution in [3.05, 3.63) is 99.6 Å². The summed E-state index contributed by atoms with van der Waals surface area (Å²) in [5.41, 5.74) is 21.7. The molecule has 0 N–H and O–H groups in total. The van der Waals surface area contributed by atoms with Crippen molar-refractivity contribution in [2.45, 2.75) is 252 Å². The molecule has 0 radical (unpaired) electrons. The van der Waals surface area contributed by atoms with Gasteiger partial charge in [-0.15, -0.1) is 0 Å². The third-order valence-electron chi connectivity index (χ3n) is 12.9. The van der Waals surface area contributed by atoms with Crippen LogP contribution in [0.2, 0.25) is 0 Å². The summed E-state index contributed by atoms with van der Waals surface area (Å²) in [4.78, 5) is 0. The number of aryl methyl sites for hydroxylation is 2. The van der Waals surface area contributed by atoms with Gasteiger partial charge in [-0.1, -0.05) is 237 Å². The first-order valence-corrected chi connectivity index (χ1v) is 26.0. The standard InChI is InChI=1S/C57H92N2/c1-5-9-13-16-17-18-19-20-21-22-23-24-25-26-27-28-29-30-31-32-33-37-44-54-55(43-34-12-8-4)57(53-42-38-41-51(49-53)40-36-15-11-7-3)59(58)56(54)52-47-45-50(46-48-52)39-35-14-10-6-2/h37-38,41-42,44-49H,5-36,39-40,43H2,1-4H3. The lowest BCUT2D eigenvalue weighted by Gasteiger charge is -2.11. The molecular weight excluding hydrogens is 713 g/mol. The zero-order valence-electron chi connectivity index (χ0n) is 39.4. The van der Waals surface area contributed by atoms with Crippen LogP contribution in [0.25, 0.3) is 16.9 Å². The highest BCUT2D eigenvalue weighted by Gasteiger charge is 2.34. The molecule has 2 aromatic rings. The molecule has 1 heterocycles. The predicted molar refractivity (Wildman–Crippen MR) is 262 cm³/mol. The Kier molecular flexibility index (Phi) is 29.1. The van der Waals surface area contributed by atoms with E-state index in [4.69, 9.17) is 0 Å². The first-order valence-electron chi connectivity index (χ1n) is 26.0. The Morgan fingerprint density at radius 1 is 0.407 bits per heavy atom. The fourth-order valence-corrected chi connectivity index (χ4v) is 9.12. The number of benzene rings is 2. The second-order valence-electron chi connectivity index (χ2n) is 18.3. The van der Waals surface area contributed by atoms with E-state index in [-0.39, 0.29) is 0 Å². The molecule has 2 nitrogen and oxygen atoms in total. The molecule has 0 unspecified atom stereocenters. The normalized spacial score (nSPS) is 13.3. The highest BCUT2D eigenvalue weighted by Crippen LogP contribution is 2.43. The fraction of sp³-hybridized carbons (Fsp3) is 0.684. The summed E-state index contributed by atoms with van der Waals surface area (Å²) >= 11 is 0. The topological polar surface area (TPSA) is 25.3 Å². The number of hydrogen-bond acceptors (Lipinski definition) is 0. The summed E-state index contributed by atoms with van der Waals surface area (Å²) in [6.07, 6.45) is 51.2. The Bertz CT molecular complexity index is 1460. The van der Waals surface area contributed by atoms with Crippen molar-refractivity contribution >= 4 is 11.4 Å². The number of allylic oxidation sites excluding steroid dienone is 4. The molecule has 0 saturated heterocycles. The molecule has 0 spiro atoms. The van der Waals surface area contributed by atoms with Crippen molar-refractivity contribution in [2.75, 3.05) is 0 Å². The van der Waals surface area contributed by atoms with Gasteiger partial charge in [0.25, 0.3) is 0 Å². The van der Waals surface area contributed by atoms with Crippen LogP contribution in [-0.4, -0.2) is 4.70 Å². The van der Waals surface area contributed by atoms with E-state index in [1.54, 1.807) is 4.70 Å². The molecule has 59 heavy (non-hydrogen) atoms. The molecular formula is C57H92N2. The van der Waals surface area contributed by atoms with E-state index >= 15 is 0 Å². The predicted octanol–water partition coefficient (Wildman–Crippen LogP) is 19.5. The van der Waals surface area contributed by atoms with Crippen LogP contribution in [0.5, 0.6) is 0 Å². The number of hydrogen-bond donors (Lipinski definition) is 0. The molecule has 0 bridgehead atoms. The Hall–Kier alpha value is -2.74. The summed E-state index contributed by atoms with van der Waals surface area (Å²) < 4.78 is 1.56. The van der Waals surface area contributed by atoms with Gasteiger partial charge in [0.1, 0.15) is 0 Å². The summed E-state index contributed by atoms with van der Waals surface area (Å²) in [6, 6.07) is 18.2. The number of nitrogens with zero attached hydrogens (tertiary/aromatic N) is 2. The average Bonchev–Trinajstić information content (AvgIpc) is 3.53. The number of rotatable bonds is 38. The summed E-state index contributed by atoms with van der Waals surface area (Å²) in [6.45, 7) is 9.16. The van der Waals surface area contributed by atoms with Crippen LogP contribution in [0.4, 0.5) is 0 Å².